The largest absolute Gasteiger partial charge is 0.309 e. The summed E-state index contributed by atoms with van der Waals surface area (Å²) in [5.41, 5.74) is 2.50. The fourth-order valence-corrected chi connectivity index (χ4v) is 1.35. The van der Waals surface area contributed by atoms with Crippen LogP contribution in [-0.2, 0) is 13.1 Å². The van der Waals surface area contributed by atoms with Gasteiger partial charge in [-0.15, -0.1) is 12.4 Å². The molecule has 0 unspecified atom stereocenters. The minimum atomic E-state index is 0. The van der Waals surface area contributed by atoms with Gasteiger partial charge in [0.25, 0.3) is 0 Å². The smallest absolute Gasteiger partial charge is 0.0271 e. The van der Waals surface area contributed by atoms with Gasteiger partial charge in [0.2, 0.25) is 0 Å². The van der Waals surface area contributed by atoms with Gasteiger partial charge in [0.15, 0.2) is 0 Å². The van der Waals surface area contributed by atoms with Crippen LogP contribution in [0, 0.1) is 0 Å². The van der Waals surface area contributed by atoms with E-state index in [1.54, 1.807) is 0 Å². The number of nitrogens with one attached hydrogen (secondary N) is 1. The predicted octanol–water partition coefficient (Wildman–Crippen LogP) is 2.19. The number of halogens is 1. The van der Waals surface area contributed by atoms with Crippen LogP contribution >= 0.6 is 12.4 Å². The standard InChI is InChI=1S/C12H13N3.ClH/c1-5-13-6-2-11(1)9-15-10-12-3-7-14-8-4-12;/h1-8,15H,9-10H2;1H. The van der Waals surface area contributed by atoms with E-state index in [0.29, 0.717) is 0 Å². The third-order valence-corrected chi connectivity index (χ3v) is 2.16. The van der Waals surface area contributed by atoms with Gasteiger partial charge in [-0.25, -0.2) is 0 Å². The summed E-state index contributed by atoms with van der Waals surface area (Å²) in [5, 5.41) is 3.36. The normalized spacial score (nSPS) is 9.50. The van der Waals surface area contributed by atoms with Crippen molar-refractivity contribution < 1.29 is 0 Å². The Morgan fingerprint density at radius 1 is 0.750 bits per heavy atom. The Labute approximate surface area is 101 Å². The van der Waals surface area contributed by atoms with Crippen LogP contribution in [0.1, 0.15) is 11.1 Å². The highest BCUT2D eigenvalue weighted by atomic mass is 35.5. The van der Waals surface area contributed by atoms with Crippen molar-refractivity contribution in [2.24, 2.45) is 0 Å². The van der Waals surface area contributed by atoms with E-state index >= 15 is 0 Å². The first-order valence-corrected chi connectivity index (χ1v) is 4.94. The van der Waals surface area contributed by atoms with Gasteiger partial charge < -0.3 is 5.32 Å². The van der Waals surface area contributed by atoms with E-state index in [9.17, 15) is 0 Å². The summed E-state index contributed by atoms with van der Waals surface area (Å²) < 4.78 is 0. The predicted molar refractivity (Wildman–Crippen MR) is 66.3 cm³/mol. The Morgan fingerprint density at radius 3 is 1.50 bits per heavy atom. The lowest BCUT2D eigenvalue weighted by atomic mass is 10.2. The maximum atomic E-state index is 3.98. The van der Waals surface area contributed by atoms with Gasteiger partial charge in [0, 0.05) is 37.9 Å². The molecule has 2 heterocycles. The molecule has 0 spiro atoms. The third kappa shape index (κ3) is 3.96. The highest BCUT2D eigenvalue weighted by molar-refractivity contribution is 5.85. The molecule has 0 saturated carbocycles. The van der Waals surface area contributed by atoms with Gasteiger partial charge in [-0.2, -0.15) is 0 Å². The van der Waals surface area contributed by atoms with Crippen LogP contribution in [-0.4, -0.2) is 9.97 Å². The first-order valence-electron chi connectivity index (χ1n) is 4.94. The molecule has 0 aliphatic rings. The highest BCUT2D eigenvalue weighted by Gasteiger charge is 1.92. The Kier molecular flexibility index (Phi) is 5.46. The summed E-state index contributed by atoms with van der Waals surface area (Å²) in [6.45, 7) is 1.73. The zero-order valence-corrected chi connectivity index (χ0v) is 9.65. The van der Waals surface area contributed by atoms with Gasteiger partial charge in [-0.1, -0.05) is 0 Å². The van der Waals surface area contributed by atoms with Gasteiger partial charge in [-0.3, -0.25) is 9.97 Å². The topological polar surface area (TPSA) is 37.8 Å². The summed E-state index contributed by atoms with van der Waals surface area (Å²) in [4.78, 5) is 7.95. The minimum Gasteiger partial charge on any atom is -0.309 e. The second kappa shape index (κ2) is 6.93. The molecule has 4 heteroatoms. The summed E-state index contributed by atoms with van der Waals surface area (Å²) in [6.07, 6.45) is 7.24. The van der Waals surface area contributed by atoms with Crippen LogP contribution in [0.15, 0.2) is 49.1 Å². The molecule has 84 valence electrons. The van der Waals surface area contributed by atoms with Crippen LogP contribution in [0.2, 0.25) is 0 Å². The lowest BCUT2D eigenvalue weighted by molar-refractivity contribution is 0.692. The van der Waals surface area contributed by atoms with Crippen LogP contribution in [0.4, 0.5) is 0 Å². The number of aromatic nitrogens is 2. The first kappa shape index (κ1) is 12.6. The Bertz CT molecular complexity index is 352. The molecule has 0 amide bonds. The fourth-order valence-electron chi connectivity index (χ4n) is 1.35. The highest BCUT2D eigenvalue weighted by Crippen LogP contribution is 1.98. The Hall–Kier alpha value is -1.45. The van der Waals surface area contributed by atoms with E-state index in [1.165, 1.54) is 11.1 Å². The average Bonchev–Trinajstić information content (AvgIpc) is 2.32. The first-order chi connectivity index (χ1) is 7.45. The average molecular weight is 236 g/mol. The summed E-state index contributed by atoms with van der Waals surface area (Å²) in [7, 11) is 0. The van der Waals surface area contributed by atoms with Crippen molar-refractivity contribution in [3.8, 4) is 0 Å². The van der Waals surface area contributed by atoms with E-state index in [0.717, 1.165) is 13.1 Å². The number of nitrogens with zero attached hydrogens (tertiary/aromatic N) is 2. The van der Waals surface area contributed by atoms with Crippen LogP contribution in [0.5, 0.6) is 0 Å². The van der Waals surface area contributed by atoms with E-state index in [1.807, 2.05) is 49.1 Å². The minimum absolute atomic E-state index is 0. The molecule has 0 aliphatic heterocycles. The monoisotopic (exact) mass is 235 g/mol. The lowest BCUT2D eigenvalue weighted by Gasteiger charge is -2.04. The van der Waals surface area contributed by atoms with Crippen molar-refractivity contribution in [3.63, 3.8) is 0 Å². The van der Waals surface area contributed by atoms with Crippen molar-refractivity contribution in [2.75, 3.05) is 0 Å². The maximum Gasteiger partial charge on any atom is 0.0271 e. The van der Waals surface area contributed by atoms with Crippen molar-refractivity contribution in [3.05, 3.63) is 60.2 Å². The van der Waals surface area contributed by atoms with Crippen molar-refractivity contribution in [1.82, 2.24) is 15.3 Å². The summed E-state index contributed by atoms with van der Waals surface area (Å²) in [6, 6.07) is 8.05. The molecular weight excluding hydrogens is 222 g/mol. The molecule has 2 rings (SSSR count). The fraction of sp³-hybridized carbons (Fsp3) is 0.167. The SMILES string of the molecule is Cl.c1cc(CNCc2ccncc2)ccn1. The molecule has 1 N–H and O–H groups in total. The van der Waals surface area contributed by atoms with Crippen molar-refractivity contribution in [1.29, 1.82) is 0 Å². The van der Waals surface area contributed by atoms with Gasteiger partial charge in [0.05, 0.1) is 0 Å². The molecule has 0 fully saturated rings. The van der Waals surface area contributed by atoms with Crippen molar-refractivity contribution in [2.45, 2.75) is 13.1 Å². The number of hydrogen-bond acceptors (Lipinski definition) is 3. The Balaban J connectivity index is 0.00000128. The van der Waals surface area contributed by atoms with Crippen LogP contribution < -0.4 is 5.32 Å². The summed E-state index contributed by atoms with van der Waals surface area (Å²) in [5.74, 6) is 0. The van der Waals surface area contributed by atoms with E-state index in [-0.39, 0.29) is 12.4 Å². The second-order valence-corrected chi connectivity index (χ2v) is 3.31. The second-order valence-electron chi connectivity index (χ2n) is 3.31. The quantitative estimate of drug-likeness (QED) is 0.883. The molecule has 0 saturated heterocycles. The number of pyridine rings is 2. The molecule has 0 bridgehead atoms. The van der Waals surface area contributed by atoms with Crippen LogP contribution in [0.3, 0.4) is 0 Å². The molecule has 0 atom stereocenters. The third-order valence-electron chi connectivity index (χ3n) is 2.16. The van der Waals surface area contributed by atoms with Crippen molar-refractivity contribution >= 4 is 12.4 Å². The molecular formula is C12H14ClN3. The number of hydrogen-bond donors (Lipinski definition) is 1. The molecule has 0 radical (unpaired) electrons. The maximum absolute atomic E-state index is 3.98. The summed E-state index contributed by atoms with van der Waals surface area (Å²) >= 11 is 0. The van der Waals surface area contributed by atoms with E-state index < -0.39 is 0 Å². The zero-order valence-electron chi connectivity index (χ0n) is 8.84. The molecule has 2 aromatic heterocycles. The van der Waals surface area contributed by atoms with Gasteiger partial charge in [0.1, 0.15) is 0 Å². The molecule has 0 aliphatic carbocycles. The lowest BCUT2D eigenvalue weighted by Crippen LogP contribution is -2.12. The van der Waals surface area contributed by atoms with E-state index in [4.69, 9.17) is 0 Å². The molecule has 3 nitrogen and oxygen atoms in total. The van der Waals surface area contributed by atoms with Gasteiger partial charge in [-0.05, 0) is 35.4 Å². The molecule has 0 aromatic carbocycles. The zero-order chi connectivity index (χ0) is 10.3. The Morgan fingerprint density at radius 2 is 1.12 bits per heavy atom. The van der Waals surface area contributed by atoms with Gasteiger partial charge >= 0.3 is 0 Å². The number of rotatable bonds is 4. The molecule has 16 heavy (non-hydrogen) atoms. The van der Waals surface area contributed by atoms with Crippen LogP contribution in [0.25, 0.3) is 0 Å². The molecule has 2 aromatic rings. The van der Waals surface area contributed by atoms with E-state index in [2.05, 4.69) is 15.3 Å².